The first-order valence-corrected chi connectivity index (χ1v) is 9.93. The van der Waals surface area contributed by atoms with Gasteiger partial charge in [0.25, 0.3) is 0 Å². The molecular formula is C25H28O7. The van der Waals surface area contributed by atoms with Gasteiger partial charge in [-0.3, -0.25) is 4.79 Å². The lowest BCUT2D eigenvalue weighted by atomic mass is 9.98. The summed E-state index contributed by atoms with van der Waals surface area (Å²) in [6, 6.07) is 8.82. The summed E-state index contributed by atoms with van der Waals surface area (Å²) in [4.78, 5) is 24.4. The van der Waals surface area contributed by atoms with Crippen LogP contribution >= 0.6 is 0 Å². The molecule has 0 aliphatic heterocycles. The van der Waals surface area contributed by atoms with Crippen LogP contribution in [0.3, 0.4) is 0 Å². The lowest BCUT2D eigenvalue weighted by Gasteiger charge is -2.19. The number of carboxylic acids is 1. The van der Waals surface area contributed by atoms with Crippen molar-refractivity contribution in [3.05, 3.63) is 64.7 Å². The predicted octanol–water partition coefficient (Wildman–Crippen LogP) is 4.58. The van der Waals surface area contributed by atoms with Gasteiger partial charge >= 0.3 is 5.97 Å². The lowest BCUT2D eigenvalue weighted by molar-refractivity contribution is -0.139. The topological polar surface area (TPSA) is 91.3 Å². The Morgan fingerprint density at radius 1 is 0.969 bits per heavy atom. The van der Waals surface area contributed by atoms with Gasteiger partial charge in [0.2, 0.25) is 0 Å². The maximum atomic E-state index is 13.2. The van der Waals surface area contributed by atoms with E-state index in [1.54, 1.807) is 31.4 Å². The zero-order valence-corrected chi connectivity index (χ0v) is 18.9. The molecule has 0 amide bonds. The molecule has 1 N–H and O–H groups in total. The summed E-state index contributed by atoms with van der Waals surface area (Å²) in [5, 5.41) is 9.15. The van der Waals surface area contributed by atoms with E-state index in [2.05, 4.69) is 0 Å². The fraction of sp³-hybridized carbons (Fsp3) is 0.280. The third-order valence-electron chi connectivity index (χ3n) is 4.59. The highest BCUT2D eigenvalue weighted by molar-refractivity contribution is 6.11. The fourth-order valence-corrected chi connectivity index (χ4v) is 2.99. The van der Waals surface area contributed by atoms with E-state index in [0.717, 1.165) is 11.1 Å². The zero-order valence-electron chi connectivity index (χ0n) is 18.9. The Bertz CT molecular complexity index is 1010. The molecule has 0 bridgehead atoms. The predicted molar refractivity (Wildman–Crippen MR) is 122 cm³/mol. The van der Waals surface area contributed by atoms with Crippen LogP contribution in [0.15, 0.2) is 48.1 Å². The quantitative estimate of drug-likeness (QED) is 0.311. The summed E-state index contributed by atoms with van der Waals surface area (Å²) in [7, 11) is 4.50. The Balaban J connectivity index is 2.58. The Morgan fingerprint density at radius 3 is 2.16 bits per heavy atom. The number of carbonyl (C=O) groups is 2. The van der Waals surface area contributed by atoms with E-state index in [0.29, 0.717) is 23.5 Å². The van der Waals surface area contributed by atoms with E-state index in [4.69, 9.17) is 24.1 Å². The van der Waals surface area contributed by atoms with Crippen LogP contribution in [0.1, 0.15) is 35.3 Å². The van der Waals surface area contributed by atoms with E-state index in [9.17, 15) is 9.59 Å². The normalized spacial score (nSPS) is 10.5. The molecule has 0 heterocycles. The van der Waals surface area contributed by atoms with Gasteiger partial charge in [-0.2, -0.15) is 0 Å². The van der Waals surface area contributed by atoms with Crippen molar-refractivity contribution >= 4 is 17.8 Å². The number of hydrogen-bond donors (Lipinski definition) is 1. The van der Waals surface area contributed by atoms with Gasteiger partial charge in [0.15, 0.2) is 12.4 Å². The number of allylic oxidation sites excluding steroid dienone is 3. The fourth-order valence-electron chi connectivity index (χ4n) is 2.99. The van der Waals surface area contributed by atoms with Gasteiger partial charge in [0, 0.05) is 11.6 Å². The van der Waals surface area contributed by atoms with Gasteiger partial charge in [0.05, 0.1) is 21.3 Å². The first kappa shape index (κ1) is 24.5. The molecule has 170 valence electrons. The molecule has 0 fully saturated rings. The molecule has 0 spiro atoms. The highest BCUT2D eigenvalue weighted by Crippen LogP contribution is 2.40. The SMILES string of the molecule is COc1ccc(C=CC(=O)c2c(OC)cc(OC)c(CC=C(C)C)c2OCC(=O)O)cc1. The second kappa shape index (κ2) is 11.6. The van der Waals surface area contributed by atoms with Crippen LogP contribution in [0.4, 0.5) is 0 Å². The molecule has 0 aromatic heterocycles. The molecule has 7 nitrogen and oxygen atoms in total. The number of carbonyl (C=O) groups excluding carboxylic acids is 1. The van der Waals surface area contributed by atoms with Crippen LogP contribution < -0.4 is 18.9 Å². The Kier molecular flexibility index (Phi) is 8.89. The van der Waals surface area contributed by atoms with Crippen LogP contribution in [0.25, 0.3) is 6.08 Å². The van der Waals surface area contributed by atoms with Crippen molar-refractivity contribution in [2.45, 2.75) is 20.3 Å². The van der Waals surface area contributed by atoms with Crippen molar-refractivity contribution in [2.75, 3.05) is 27.9 Å². The number of ether oxygens (including phenoxy) is 4. The van der Waals surface area contributed by atoms with E-state index < -0.39 is 12.6 Å². The first-order valence-electron chi connectivity index (χ1n) is 9.93. The van der Waals surface area contributed by atoms with Crippen molar-refractivity contribution in [3.63, 3.8) is 0 Å². The maximum absolute atomic E-state index is 13.2. The molecule has 0 unspecified atom stereocenters. The molecule has 7 heteroatoms. The summed E-state index contributed by atoms with van der Waals surface area (Å²) in [5.41, 5.74) is 2.55. The van der Waals surface area contributed by atoms with Gasteiger partial charge < -0.3 is 24.1 Å². The number of methoxy groups -OCH3 is 3. The Labute approximate surface area is 187 Å². The molecule has 0 saturated carbocycles. The van der Waals surface area contributed by atoms with Crippen LogP contribution in [-0.2, 0) is 11.2 Å². The Hall–Kier alpha value is -3.74. The number of carboxylic acid groups (broad SMARTS) is 1. The largest absolute Gasteiger partial charge is 0.497 e. The minimum atomic E-state index is -1.16. The molecule has 0 aliphatic rings. The average molecular weight is 440 g/mol. The van der Waals surface area contributed by atoms with E-state index in [-0.39, 0.29) is 22.8 Å². The molecule has 2 aromatic carbocycles. The third-order valence-corrected chi connectivity index (χ3v) is 4.59. The van der Waals surface area contributed by atoms with E-state index in [1.165, 1.54) is 20.3 Å². The summed E-state index contributed by atoms with van der Waals surface area (Å²) in [5.74, 6) is -0.0432. The first-order chi connectivity index (χ1) is 15.3. The molecule has 0 radical (unpaired) electrons. The minimum absolute atomic E-state index is 0.130. The van der Waals surface area contributed by atoms with Crippen LogP contribution in [0.2, 0.25) is 0 Å². The summed E-state index contributed by atoms with van der Waals surface area (Å²) < 4.78 is 21.6. The van der Waals surface area contributed by atoms with E-state index >= 15 is 0 Å². The molecular weight excluding hydrogens is 412 g/mol. The molecule has 32 heavy (non-hydrogen) atoms. The molecule has 0 atom stereocenters. The monoisotopic (exact) mass is 440 g/mol. The van der Waals surface area contributed by atoms with Crippen LogP contribution in [0.5, 0.6) is 23.0 Å². The van der Waals surface area contributed by atoms with Gasteiger partial charge in [-0.25, -0.2) is 4.79 Å². The molecule has 2 rings (SSSR count). The zero-order chi connectivity index (χ0) is 23.7. The third kappa shape index (κ3) is 6.38. The van der Waals surface area contributed by atoms with Crippen molar-refractivity contribution in [2.24, 2.45) is 0 Å². The number of benzene rings is 2. The smallest absolute Gasteiger partial charge is 0.341 e. The van der Waals surface area contributed by atoms with Crippen LogP contribution in [0, 0.1) is 0 Å². The summed E-state index contributed by atoms with van der Waals surface area (Å²) in [6.45, 7) is 3.27. The number of rotatable bonds is 11. The van der Waals surface area contributed by atoms with Gasteiger partial charge in [-0.1, -0.05) is 29.9 Å². The highest BCUT2D eigenvalue weighted by Gasteiger charge is 2.25. The van der Waals surface area contributed by atoms with Gasteiger partial charge in [-0.05, 0) is 44.0 Å². The molecule has 0 aliphatic carbocycles. The second-order valence-electron chi connectivity index (χ2n) is 7.10. The average Bonchev–Trinajstić information content (AvgIpc) is 2.79. The van der Waals surface area contributed by atoms with Gasteiger partial charge in [0.1, 0.15) is 28.6 Å². The number of ketones is 1. The van der Waals surface area contributed by atoms with Crippen LogP contribution in [-0.4, -0.2) is 44.8 Å². The number of aliphatic carboxylic acids is 1. The maximum Gasteiger partial charge on any atom is 0.341 e. The van der Waals surface area contributed by atoms with Gasteiger partial charge in [-0.15, -0.1) is 0 Å². The van der Waals surface area contributed by atoms with Crippen molar-refractivity contribution in [1.29, 1.82) is 0 Å². The number of hydrogen-bond acceptors (Lipinski definition) is 6. The molecule has 0 saturated heterocycles. The molecule has 2 aromatic rings. The van der Waals surface area contributed by atoms with Crippen molar-refractivity contribution in [3.8, 4) is 23.0 Å². The standard InChI is InChI=1S/C25H28O7/c1-16(2)6-12-19-21(30-4)14-22(31-5)24(25(19)32-15-23(27)28)20(26)13-9-17-7-10-18(29-3)11-8-17/h6-11,13-14H,12,15H2,1-5H3,(H,27,28). The lowest BCUT2D eigenvalue weighted by Crippen LogP contribution is -2.14. The van der Waals surface area contributed by atoms with E-state index in [1.807, 2.05) is 32.1 Å². The minimum Gasteiger partial charge on any atom is -0.497 e. The second-order valence-corrected chi connectivity index (χ2v) is 7.10. The Morgan fingerprint density at radius 2 is 1.62 bits per heavy atom. The highest BCUT2D eigenvalue weighted by atomic mass is 16.5. The van der Waals surface area contributed by atoms with Crippen molar-refractivity contribution in [1.82, 2.24) is 0 Å². The van der Waals surface area contributed by atoms with Crippen molar-refractivity contribution < 1.29 is 33.6 Å². The summed E-state index contributed by atoms with van der Waals surface area (Å²) in [6.07, 6.45) is 5.39. The summed E-state index contributed by atoms with van der Waals surface area (Å²) >= 11 is 0.